The first-order valence-electron chi connectivity index (χ1n) is 4.02. The van der Waals surface area contributed by atoms with Crippen LogP contribution in [0.15, 0.2) is 0 Å². The van der Waals surface area contributed by atoms with E-state index in [9.17, 15) is 0 Å². The molecule has 11 heavy (non-hydrogen) atoms. The van der Waals surface area contributed by atoms with Crippen molar-refractivity contribution in [1.82, 2.24) is 10.2 Å². The zero-order chi connectivity index (χ0) is 8.69. The summed E-state index contributed by atoms with van der Waals surface area (Å²) in [6.07, 6.45) is 5.15. The predicted octanol–water partition coefficient (Wildman–Crippen LogP) is 0.549. The summed E-state index contributed by atoms with van der Waals surface area (Å²) in [5.74, 6) is 2.60. The van der Waals surface area contributed by atoms with Gasteiger partial charge < -0.3 is 5.32 Å². The first-order chi connectivity index (χ1) is 5.16. The topological polar surface area (TPSA) is 15.3 Å². The summed E-state index contributed by atoms with van der Waals surface area (Å²) in [5, 5.41) is 3.32. The summed E-state index contributed by atoms with van der Waals surface area (Å²) < 4.78 is 0. The summed E-state index contributed by atoms with van der Waals surface area (Å²) in [6.45, 7) is 7.04. The Kier molecular flexibility index (Phi) is 5.91. The fourth-order valence-corrected chi connectivity index (χ4v) is 0.779. The summed E-state index contributed by atoms with van der Waals surface area (Å²) in [4.78, 5) is 2.12. The normalized spacial score (nSPS) is 10.5. The Balaban J connectivity index is 3.18. The molecular weight excluding hydrogens is 136 g/mol. The van der Waals surface area contributed by atoms with Gasteiger partial charge in [0.25, 0.3) is 0 Å². The largest absolute Gasteiger partial charge is 0.313 e. The van der Waals surface area contributed by atoms with Crippen LogP contribution in [0, 0.1) is 12.3 Å². The molecule has 0 saturated carbocycles. The summed E-state index contributed by atoms with van der Waals surface area (Å²) in [7, 11) is 2.03. The maximum atomic E-state index is 5.15. The van der Waals surface area contributed by atoms with Gasteiger partial charge in [-0.25, -0.2) is 0 Å². The van der Waals surface area contributed by atoms with Gasteiger partial charge in [0.05, 0.1) is 6.54 Å². The molecule has 0 rings (SSSR count). The Bertz CT molecular complexity index is 124. The van der Waals surface area contributed by atoms with Gasteiger partial charge in [-0.3, -0.25) is 4.90 Å². The van der Waals surface area contributed by atoms with Crippen molar-refractivity contribution in [2.45, 2.75) is 19.9 Å². The number of rotatable bonds is 5. The van der Waals surface area contributed by atoms with E-state index in [1.54, 1.807) is 0 Å². The molecule has 0 aliphatic rings. The molecule has 2 nitrogen and oxygen atoms in total. The van der Waals surface area contributed by atoms with Crippen LogP contribution in [0.3, 0.4) is 0 Å². The van der Waals surface area contributed by atoms with Crippen LogP contribution < -0.4 is 5.32 Å². The first-order valence-corrected chi connectivity index (χ1v) is 4.02. The van der Waals surface area contributed by atoms with E-state index in [1.165, 1.54) is 0 Å². The highest BCUT2D eigenvalue weighted by molar-refractivity contribution is 4.87. The third-order valence-corrected chi connectivity index (χ3v) is 1.41. The first kappa shape index (κ1) is 10.5. The van der Waals surface area contributed by atoms with Crippen molar-refractivity contribution in [3.63, 3.8) is 0 Å². The van der Waals surface area contributed by atoms with E-state index < -0.39 is 0 Å². The summed E-state index contributed by atoms with van der Waals surface area (Å²) in [6, 6.07) is 0.564. The molecule has 0 aliphatic heterocycles. The minimum Gasteiger partial charge on any atom is -0.313 e. The lowest BCUT2D eigenvalue weighted by Crippen LogP contribution is -2.32. The second-order valence-corrected chi connectivity index (χ2v) is 3.05. The van der Waals surface area contributed by atoms with Gasteiger partial charge in [0.1, 0.15) is 0 Å². The fourth-order valence-electron chi connectivity index (χ4n) is 0.779. The minimum absolute atomic E-state index is 0.564. The lowest BCUT2D eigenvalue weighted by atomic mass is 10.4. The number of nitrogens with one attached hydrogen (secondary N) is 1. The van der Waals surface area contributed by atoms with Crippen LogP contribution in [-0.2, 0) is 0 Å². The molecule has 0 aromatic heterocycles. The predicted molar refractivity (Wildman–Crippen MR) is 49.5 cm³/mol. The number of likely N-dealkylation sites (N-methyl/N-ethyl adjacent to an activating group) is 1. The van der Waals surface area contributed by atoms with Crippen LogP contribution in [0.1, 0.15) is 13.8 Å². The number of hydrogen-bond donors (Lipinski definition) is 1. The van der Waals surface area contributed by atoms with Crippen LogP contribution in [0.4, 0.5) is 0 Å². The molecule has 0 aromatic carbocycles. The molecule has 2 heteroatoms. The monoisotopic (exact) mass is 154 g/mol. The molecule has 0 fully saturated rings. The molecule has 0 amide bonds. The Morgan fingerprint density at radius 1 is 1.55 bits per heavy atom. The summed E-state index contributed by atoms with van der Waals surface area (Å²) in [5.41, 5.74) is 0. The van der Waals surface area contributed by atoms with Gasteiger partial charge in [-0.05, 0) is 7.05 Å². The number of hydrogen-bond acceptors (Lipinski definition) is 2. The van der Waals surface area contributed by atoms with Crippen molar-refractivity contribution in [3.05, 3.63) is 0 Å². The van der Waals surface area contributed by atoms with Gasteiger partial charge in [0, 0.05) is 19.1 Å². The lowest BCUT2D eigenvalue weighted by Gasteiger charge is -2.14. The van der Waals surface area contributed by atoms with E-state index in [4.69, 9.17) is 6.42 Å². The third kappa shape index (κ3) is 7.38. The van der Waals surface area contributed by atoms with E-state index in [2.05, 4.69) is 30.0 Å². The highest BCUT2D eigenvalue weighted by Crippen LogP contribution is 1.80. The third-order valence-electron chi connectivity index (χ3n) is 1.41. The van der Waals surface area contributed by atoms with Gasteiger partial charge in [-0.1, -0.05) is 19.8 Å². The van der Waals surface area contributed by atoms with Crippen molar-refractivity contribution >= 4 is 0 Å². The summed E-state index contributed by atoms with van der Waals surface area (Å²) >= 11 is 0. The van der Waals surface area contributed by atoms with Gasteiger partial charge in [-0.15, -0.1) is 6.42 Å². The standard InChI is InChI=1S/C9H18N2/c1-5-7-11(4)8-6-10-9(2)3/h1,9-10H,6-8H2,2-4H3. The molecule has 0 spiro atoms. The minimum atomic E-state index is 0.564. The van der Waals surface area contributed by atoms with Gasteiger partial charge >= 0.3 is 0 Å². The SMILES string of the molecule is C#CCN(C)CCNC(C)C. The van der Waals surface area contributed by atoms with Crippen LogP contribution >= 0.6 is 0 Å². The highest BCUT2D eigenvalue weighted by Gasteiger charge is 1.95. The van der Waals surface area contributed by atoms with E-state index in [1.807, 2.05) is 7.05 Å². The molecule has 0 saturated heterocycles. The average Bonchev–Trinajstić information content (AvgIpc) is 1.87. The zero-order valence-corrected chi connectivity index (χ0v) is 7.72. The highest BCUT2D eigenvalue weighted by atomic mass is 15.1. The van der Waals surface area contributed by atoms with Crippen molar-refractivity contribution in [2.24, 2.45) is 0 Å². The van der Waals surface area contributed by atoms with Crippen LogP contribution in [-0.4, -0.2) is 37.6 Å². The van der Waals surface area contributed by atoms with Gasteiger partial charge in [0.15, 0.2) is 0 Å². The van der Waals surface area contributed by atoms with Crippen LogP contribution in [0.2, 0.25) is 0 Å². The van der Waals surface area contributed by atoms with E-state index in [0.29, 0.717) is 6.04 Å². The molecule has 0 heterocycles. The van der Waals surface area contributed by atoms with Gasteiger partial charge in [-0.2, -0.15) is 0 Å². The fraction of sp³-hybridized carbons (Fsp3) is 0.778. The van der Waals surface area contributed by atoms with Crippen molar-refractivity contribution in [3.8, 4) is 12.3 Å². The number of terminal acetylenes is 1. The quantitative estimate of drug-likeness (QED) is 0.582. The van der Waals surface area contributed by atoms with Crippen LogP contribution in [0.25, 0.3) is 0 Å². The molecule has 0 aromatic rings. The van der Waals surface area contributed by atoms with Crippen molar-refractivity contribution < 1.29 is 0 Å². The van der Waals surface area contributed by atoms with E-state index in [0.717, 1.165) is 19.6 Å². The van der Waals surface area contributed by atoms with Crippen LogP contribution in [0.5, 0.6) is 0 Å². The lowest BCUT2D eigenvalue weighted by molar-refractivity contribution is 0.364. The molecule has 0 unspecified atom stereocenters. The second-order valence-electron chi connectivity index (χ2n) is 3.05. The molecule has 0 atom stereocenters. The molecule has 0 bridgehead atoms. The van der Waals surface area contributed by atoms with E-state index in [-0.39, 0.29) is 0 Å². The molecule has 1 N–H and O–H groups in total. The molecule has 0 aliphatic carbocycles. The average molecular weight is 154 g/mol. The Labute approximate surface area is 70.0 Å². The number of nitrogens with zero attached hydrogens (tertiary/aromatic N) is 1. The molecule has 0 radical (unpaired) electrons. The van der Waals surface area contributed by atoms with E-state index >= 15 is 0 Å². The maximum absolute atomic E-state index is 5.15. The smallest absolute Gasteiger partial charge is 0.0596 e. The maximum Gasteiger partial charge on any atom is 0.0596 e. The Hall–Kier alpha value is -0.520. The van der Waals surface area contributed by atoms with Gasteiger partial charge in [0.2, 0.25) is 0 Å². The molecule has 64 valence electrons. The Morgan fingerprint density at radius 2 is 2.18 bits per heavy atom. The Morgan fingerprint density at radius 3 is 2.64 bits per heavy atom. The molecular formula is C9H18N2. The zero-order valence-electron chi connectivity index (χ0n) is 7.72. The van der Waals surface area contributed by atoms with Crippen molar-refractivity contribution in [1.29, 1.82) is 0 Å². The van der Waals surface area contributed by atoms with Crippen molar-refractivity contribution in [2.75, 3.05) is 26.7 Å². The second kappa shape index (κ2) is 6.21.